The van der Waals surface area contributed by atoms with Crippen molar-refractivity contribution in [3.8, 4) is 0 Å². The predicted molar refractivity (Wildman–Crippen MR) is 83.6 cm³/mol. The van der Waals surface area contributed by atoms with E-state index in [1.165, 1.54) is 18.2 Å². The van der Waals surface area contributed by atoms with Crippen molar-refractivity contribution in [1.82, 2.24) is 20.7 Å². The van der Waals surface area contributed by atoms with E-state index >= 15 is 0 Å². The van der Waals surface area contributed by atoms with Crippen LogP contribution in [0.25, 0.3) is 0 Å². The Labute approximate surface area is 140 Å². The maximum Gasteiger partial charge on any atom is 0.275 e. The molecule has 1 aromatic heterocycles. The molecule has 0 aliphatic carbocycles. The average Bonchev–Trinajstić information content (AvgIpc) is 3.02. The molecular weight excluding hydrogens is 335 g/mol. The van der Waals surface area contributed by atoms with Crippen molar-refractivity contribution in [2.45, 2.75) is 6.54 Å². The first kappa shape index (κ1) is 16.5. The second kappa shape index (κ2) is 7.04. The summed E-state index contributed by atoms with van der Waals surface area (Å²) in [7, 11) is 0. The second-order valence-corrected chi connectivity index (χ2v) is 5.09. The molecule has 1 heterocycles. The van der Waals surface area contributed by atoms with Crippen molar-refractivity contribution in [3.63, 3.8) is 0 Å². The van der Waals surface area contributed by atoms with E-state index in [1.54, 1.807) is 6.07 Å². The van der Waals surface area contributed by atoms with Crippen molar-refractivity contribution in [2.75, 3.05) is 5.32 Å². The second-order valence-electron chi connectivity index (χ2n) is 5.09. The summed E-state index contributed by atoms with van der Waals surface area (Å²) in [6.07, 6.45) is 0. The van der Waals surface area contributed by atoms with Gasteiger partial charge in [0.1, 0.15) is 17.5 Å². The molecule has 0 fully saturated rings. The van der Waals surface area contributed by atoms with Crippen molar-refractivity contribution < 1.29 is 18.0 Å². The average molecular weight is 347 g/mol. The normalized spacial score (nSPS) is 10.5. The molecule has 0 radical (unpaired) electrons. The van der Waals surface area contributed by atoms with Crippen molar-refractivity contribution in [1.29, 1.82) is 0 Å². The van der Waals surface area contributed by atoms with Crippen LogP contribution < -0.4 is 10.6 Å². The molecule has 128 valence electrons. The molecule has 6 nitrogen and oxygen atoms in total. The molecule has 0 unspecified atom stereocenters. The van der Waals surface area contributed by atoms with Crippen molar-refractivity contribution >= 4 is 17.4 Å². The molecular formula is C16H12F3N5O. The number of H-pyrrole nitrogens is 1. The van der Waals surface area contributed by atoms with Crippen LogP contribution in [-0.4, -0.2) is 21.3 Å². The molecule has 0 atom stereocenters. The van der Waals surface area contributed by atoms with Gasteiger partial charge in [-0.3, -0.25) is 4.79 Å². The van der Waals surface area contributed by atoms with E-state index in [-0.39, 0.29) is 29.3 Å². The minimum atomic E-state index is -0.743. The largest absolute Gasteiger partial charge is 0.346 e. The number of hydrogen-bond acceptors (Lipinski definition) is 4. The molecule has 0 spiro atoms. The molecule has 0 saturated carbocycles. The van der Waals surface area contributed by atoms with Gasteiger partial charge < -0.3 is 10.6 Å². The maximum atomic E-state index is 13.7. The number of carbonyl (C=O) groups excluding carboxylic acids is 1. The van der Waals surface area contributed by atoms with E-state index in [1.807, 2.05) is 0 Å². The molecule has 0 saturated heterocycles. The van der Waals surface area contributed by atoms with Crippen LogP contribution >= 0.6 is 0 Å². The first-order valence-corrected chi connectivity index (χ1v) is 7.18. The molecule has 3 rings (SSSR count). The molecule has 0 aliphatic heterocycles. The van der Waals surface area contributed by atoms with Gasteiger partial charge in [-0.1, -0.05) is 12.1 Å². The van der Waals surface area contributed by atoms with Gasteiger partial charge in [-0.25, -0.2) is 13.2 Å². The topological polar surface area (TPSA) is 82.7 Å². The van der Waals surface area contributed by atoms with E-state index in [4.69, 9.17) is 0 Å². The Bertz CT molecular complexity index is 892. The third-order valence-corrected chi connectivity index (χ3v) is 3.27. The summed E-state index contributed by atoms with van der Waals surface area (Å²) in [6, 6.07) is 8.80. The number of amides is 1. The molecule has 1 amide bonds. The Balaban J connectivity index is 1.71. The Morgan fingerprint density at radius 3 is 2.48 bits per heavy atom. The SMILES string of the molecule is O=C(NCc1cc(F)cc(F)c1)c1n[nH]nc1Nc1ccccc1F. The van der Waals surface area contributed by atoms with Crippen molar-refractivity contribution in [3.05, 3.63) is 71.2 Å². The summed E-state index contributed by atoms with van der Waals surface area (Å²) >= 11 is 0. The van der Waals surface area contributed by atoms with Gasteiger partial charge in [0.05, 0.1) is 5.69 Å². The molecule has 25 heavy (non-hydrogen) atoms. The van der Waals surface area contributed by atoms with Gasteiger partial charge in [0.15, 0.2) is 11.5 Å². The van der Waals surface area contributed by atoms with Gasteiger partial charge in [0.2, 0.25) is 0 Å². The van der Waals surface area contributed by atoms with E-state index in [0.717, 1.165) is 18.2 Å². The highest BCUT2D eigenvalue weighted by Gasteiger charge is 2.17. The van der Waals surface area contributed by atoms with Gasteiger partial charge in [-0.05, 0) is 29.8 Å². The fraction of sp³-hybridized carbons (Fsp3) is 0.0625. The minimum absolute atomic E-state index is 0.0213. The summed E-state index contributed by atoms with van der Waals surface area (Å²) in [5.74, 6) is -2.63. The summed E-state index contributed by atoms with van der Waals surface area (Å²) in [6.45, 7) is -0.112. The number of hydrogen-bond donors (Lipinski definition) is 3. The smallest absolute Gasteiger partial charge is 0.275 e. The number of aromatic nitrogens is 3. The number of anilines is 2. The number of para-hydroxylation sites is 1. The standard InChI is InChI=1S/C16H12F3N5O/c17-10-5-9(6-11(18)7-10)8-20-16(25)14-15(23-24-22-14)21-13-4-2-1-3-12(13)19/h1-7H,8H2,(H,20,25)(H2,21,22,23,24). The Morgan fingerprint density at radius 2 is 1.76 bits per heavy atom. The number of halogens is 3. The molecule has 9 heteroatoms. The van der Waals surface area contributed by atoms with Gasteiger partial charge in [0.25, 0.3) is 5.91 Å². The number of aromatic amines is 1. The summed E-state index contributed by atoms with van der Waals surface area (Å²) < 4.78 is 40.0. The van der Waals surface area contributed by atoms with Crippen LogP contribution in [0.15, 0.2) is 42.5 Å². The fourth-order valence-corrected chi connectivity index (χ4v) is 2.15. The monoisotopic (exact) mass is 347 g/mol. The van der Waals surface area contributed by atoms with Crippen LogP contribution in [0.1, 0.15) is 16.1 Å². The van der Waals surface area contributed by atoms with Gasteiger partial charge in [0, 0.05) is 12.6 Å². The third kappa shape index (κ3) is 3.94. The first-order chi connectivity index (χ1) is 12.0. The zero-order chi connectivity index (χ0) is 17.8. The fourth-order valence-electron chi connectivity index (χ4n) is 2.15. The lowest BCUT2D eigenvalue weighted by atomic mass is 10.2. The van der Waals surface area contributed by atoms with E-state index in [2.05, 4.69) is 26.0 Å². The Kier molecular flexibility index (Phi) is 4.64. The maximum absolute atomic E-state index is 13.7. The minimum Gasteiger partial charge on any atom is -0.346 e. The van der Waals surface area contributed by atoms with Crippen molar-refractivity contribution in [2.24, 2.45) is 0 Å². The first-order valence-electron chi connectivity index (χ1n) is 7.18. The van der Waals surface area contributed by atoms with E-state index < -0.39 is 23.4 Å². The summed E-state index contributed by atoms with van der Waals surface area (Å²) in [4.78, 5) is 12.2. The quantitative estimate of drug-likeness (QED) is 0.663. The zero-order valence-electron chi connectivity index (χ0n) is 12.7. The van der Waals surface area contributed by atoms with Gasteiger partial charge in [-0.15, -0.1) is 10.2 Å². The lowest BCUT2D eigenvalue weighted by Crippen LogP contribution is -2.24. The number of carbonyl (C=O) groups is 1. The van der Waals surface area contributed by atoms with Crippen LogP contribution in [0, 0.1) is 17.5 Å². The van der Waals surface area contributed by atoms with E-state index in [0.29, 0.717) is 0 Å². The van der Waals surface area contributed by atoms with Gasteiger partial charge >= 0.3 is 0 Å². The molecule has 0 bridgehead atoms. The van der Waals surface area contributed by atoms with Crippen LogP contribution in [0.5, 0.6) is 0 Å². The highest BCUT2D eigenvalue weighted by atomic mass is 19.1. The highest BCUT2D eigenvalue weighted by Crippen LogP contribution is 2.19. The van der Waals surface area contributed by atoms with Crippen LogP contribution in [0.2, 0.25) is 0 Å². The number of rotatable bonds is 5. The third-order valence-electron chi connectivity index (χ3n) is 3.27. The summed E-state index contributed by atoms with van der Waals surface area (Å²) in [5.41, 5.74) is 0.260. The lowest BCUT2D eigenvalue weighted by Gasteiger charge is -2.07. The van der Waals surface area contributed by atoms with Crippen LogP contribution in [0.4, 0.5) is 24.7 Å². The Morgan fingerprint density at radius 1 is 1.04 bits per heavy atom. The highest BCUT2D eigenvalue weighted by molar-refractivity contribution is 5.97. The van der Waals surface area contributed by atoms with Crippen LogP contribution in [0.3, 0.4) is 0 Å². The zero-order valence-corrected chi connectivity index (χ0v) is 12.7. The predicted octanol–water partition coefficient (Wildman–Crippen LogP) is 2.90. The lowest BCUT2D eigenvalue weighted by molar-refractivity contribution is 0.0946. The summed E-state index contributed by atoms with van der Waals surface area (Å²) in [5, 5.41) is 14.9. The molecule has 3 N–H and O–H groups in total. The number of nitrogens with one attached hydrogen (secondary N) is 3. The Hall–Kier alpha value is -3.36. The molecule has 3 aromatic rings. The number of benzene rings is 2. The number of nitrogens with zero attached hydrogens (tertiary/aromatic N) is 2. The van der Waals surface area contributed by atoms with E-state index in [9.17, 15) is 18.0 Å². The molecule has 0 aliphatic rings. The molecule has 2 aromatic carbocycles. The van der Waals surface area contributed by atoms with Crippen LogP contribution in [-0.2, 0) is 6.54 Å². The van der Waals surface area contributed by atoms with Gasteiger partial charge in [-0.2, -0.15) is 5.21 Å².